The first-order valence-electron chi connectivity index (χ1n) is 5.06. The van der Waals surface area contributed by atoms with Crippen molar-refractivity contribution in [2.45, 2.75) is 18.9 Å². The Kier molecular flexibility index (Phi) is 4.73. The lowest BCUT2D eigenvalue weighted by atomic mass is 10.0. The molecule has 0 heterocycles. The van der Waals surface area contributed by atoms with Crippen molar-refractivity contribution >= 4 is 0 Å². The summed E-state index contributed by atoms with van der Waals surface area (Å²) in [5.41, 5.74) is 1.24. The second kappa shape index (κ2) is 6.10. The molecule has 0 fully saturated rings. The van der Waals surface area contributed by atoms with Crippen LogP contribution >= 0.6 is 0 Å². The minimum Gasteiger partial charge on any atom is -0.497 e. The number of hydrogen-bond acceptors (Lipinski definition) is 2. The summed E-state index contributed by atoms with van der Waals surface area (Å²) in [4.78, 5) is 0. The highest BCUT2D eigenvalue weighted by Gasteiger charge is 2.07. The van der Waals surface area contributed by atoms with Crippen molar-refractivity contribution in [2.75, 3.05) is 14.2 Å². The van der Waals surface area contributed by atoms with Gasteiger partial charge in [0.25, 0.3) is 0 Å². The zero-order chi connectivity index (χ0) is 11.1. The molecule has 0 radical (unpaired) electrons. The Morgan fingerprint density at radius 2 is 2.07 bits per heavy atom. The minimum atomic E-state index is 0.326. The molecule has 0 saturated carbocycles. The Morgan fingerprint density at radius 1 is 1.40 bits per heavy atom. The highest BCUT2D eigenvalue weighted by molar-refractivity contribution is 5.29. The predicted molar refractivity (Wildman–Crippen MR) is 62.9 cm³/mol. The van der Waals surface area contributed by atoms with E-state index in [0.29, 0.717) is 6.04 Å². The first kappa shape index (κ1) is 11.6. The van der Waals surface area contributed by atoms with E-state index in [4.69, 9.17) is 11.2 Å². The van der Waals surface area contributed by atoms with Gasteiger partial charge in [0, 0.05) is 12.5 Å². The number of terminal acetylenes is 1. The van der Waals surface area contributed by atoms with Gasteiger partial charge in [-0.05, 0) is 31.2 Å². The third-order valence-corrected chi connectivity index (χ3v) is 2.44. The quantitative estimate of drug-likeness (QED) is 0.742. The number of hydrogen-bond donors (Lipinski definition) is 1. The number of ether oxygens (including phenoxy) is 1. The van der Waals surface area contributed by atoms with Crippen molar-refractivity contribution in [2.24, 2.45) is 0 Å². The molecule has 15 heavy (non-hydrogen) atoms. The molecule has 0 spiro atoms. The summed E-state index contributed by atoms with van der Waals surface area (Å²) >= 11 is 0. The van der Waals surface area contributed by atoms with E-state index in [-0.39, 0.29) is 0 Å². The fourth-order valence-corrected chi connectivity index (χ4v) is 1.54. The maximum absolute atomic E-state index is 5.26. The molecular formula is C13H17NO. The van der Waals surface area contributed by atoms with Gasteiger partial charge in [0.15, 0.2) is 0 Å². The first-order chi connectivity index (χ1) is 7.31. The molecule has 0 bridgehead atoms. The third kappa shape index (κ3) is 3.30. The van der Waals surface area contributed by atoms with E-state index >= 15 is 0 Å². The molecule has 1 rings (SSSR count). The van der Waals surface area contributed by atoms with E-state index in [0.717, 1.165) is 18.6 Å². The van der Waals surface area contributed by atoms with Gasteiger partial charge in [-0.2, -0.15) is 0 Å². The van der Waals surface area contributed by atoms with Crippen molar-refractivity contribution in [1.82, 2.24) is 5.32 Å². The average molecular weight is 203 g/mol. The standard InChI is InChI=1S/C13H17NO/c1-4-5-6-13(14-2)11-7-9-12(15-3)10-8-11/h1,7-10,13-14H,5-6H2,2-3H3. The van der Waals surface area contributed by atoms with Crippen LogP contribution in [0, 0.1) is 12.3 Å². The van der Waals surface area contributed by atoms with Crippen molar-refractivity contribution in [3.63, 3.8) is 0 Å². The summed E-state index contributed by atoms with van der Waals surface area (Å²) in [5, 5.41) is 3.25. The largest absolute Gasteiger partial charge is 0.497 e. The number of methoxy groups -OCH3 is 1. The van der Waals surface area contributed by atoms with Crippen molar-refractivity contribution in [3.8, 4) is 18.1 Å². The molecule has 1 aromatic rings. The average Bonchev–Trinajstić information content (AvgIpc) is 2.31. The highest BCUT2D eigenvalue weighted by atomic mass is 16.5. The van der Waals surface area contributed by atoms with Crippen LogP contribution in [0.1, 0.15) is 24.4 Å². The lowest BCUT2D eigenvalue weighted by molar-refractivity contribution is 0.414. The van der Waals surface area contributed by atoms with Gasteiger partial charge in [0.1, 0.15) is 5.75 Å². The van der Waals surface area contributed by atoms with Gasteiger partial charge in [-0.3, -0.25) is 0 Å². The van der Waals surface area contributed by atoms with Crippen LogP contribution in [0.4, 0.5) is 0 Å². The fraction of sp³-hybridized carbons (Fsp3) is 0.385. The summed E-state index contributed by atoms with van der Waals surface area (Å²) in [5.74, 6) is 3.54. The van der Waals surface area contributed by atoms with Crippen LogP contribution in [0.25, 0.3) is 0 Å². The van der Waals surface area contributed by atoms with Gasteiger partial charge >= 0.3 is 0 Å². The molecule has 1 unspecified atom stereocenters. The van der Waals surface area contributed by atoms with Crippen LogP contribution in [0.15, 0.2) is 24.3 Å². The Hall–Kier alpha value is -1.46. The van der Waals surface area contributed by atoms with Gasteiger partial charge in [-0.25, -0.2) is 0 Å². The summed E-state index contributed by atoms with van der Waals surface area (Å²) in [6.07, 6.45) is 7.00. The van der Waals surface area contributed by atoms with Gasteiger partial charge in [0.2, 0.25) is 0 Å². The molecule has 2 heteroatoms. The van der Waals surface area contributed by atoms with Crippen molar-refractivity contribution in [1.29, 1.82) is 0 Å². The smallest absolute Gasteiger partial charge is 0.118 e. The van der Waals surface area contributed by atoms with E-state index in [1.807, 2.05) is 19.2 Å². The van der Waals surface area contributed by atoms with Gasteiger partial charge in [-0.1, -0.05) is 12.1 Å². The van der Waals surface area contributed by atoms with Crippen molar-refractivity contribution < 1.29 is 4.74 Å². The van der Waals surface area contributed by atoms with Crippen LogP contribution in [0.3, 0.4) is 0 Å². The minimum absolute atomic E-state index is 0.326. The highest BCUT2D eigenvalue weighted by Crippen LogP contribution is 2.20. The predicted octanol–water partition coefficient (Wildman–Crippen LogP) is 2.37. The van der Waals surface area contributed by atoms with Gasteiger partial charge in [0.05, 0.1) is 7.11 Å². The van der Waals surface area contributed by atoms with E-state index in [9.17, 15) is 0 Å². The Labute approximate surface area is 91.6 Å². The number of benzene rings is 1. The molecule has 0 aromatic heterocycles. The second-order valence-corrected chi connectivity index (χ2v) is 3.36. The molecular weight excluding hydrogens is 186 g/mol. The van der Waals surface area contributed by atoms with Gasteiger partial charge < -0.3 is 10.1 Å². The zero-order valence-electron chi connectivity index (χ0n) is 9.29. The fourth-order valence-electron chi connectivity index (χ4n) is 1.54. The number of rotatable bonds is 5. The molecule has 1 atom stereocenters. The third-order valence-electron chi connectivity index (χ3n) is 2.44. The summed E-state index contributed by atoms with van der Waals surface area (Å²) in [6.45, 7) is 0. The second-order valence-electron chi connectivity index (χ2n) is 3.36. The summed E-state index contributed by atoms with van der Waals surface area (Å²) in [7, 11) is 3.62. The van der Waals surface area contributed by atoms with E-state index < -0.39 is 0 Å². The van der Waals surface area contributed by atoms with Crippen LogP contribution in [-0.2, 0) is 0 Å². The zero-order valence-corrected chi connectivity index (χ0v) is 9.29. The topological polar surface area (TPSA) is 21.3 Å². The van der Waals surface area contributed by atoms with E-state index in [1.54, 1.807) is 7.11 Å². The molecule has 1 aromatic carbocycles. The Balaban J connectivity index is 2.70. The SMILES string of the molecule is C#CCCC(NC)c1ccc(OC)cc1. The maximum Gasteiger partial charge on any atom is 0.118 e. The van der Waals surface area contributed by atoms with E-state index in [2.05, 4.69) is 23.4 Å². The summed E-state index contributed by atoms with van der Waals surface area (Å²) in [6, 6.07) is 8.39. The molecule has 1 N–H and O–H groups in total. The van der Waals surface area contributed by atoms with Crippen LogP contribution in [0.2, 0.25) is 0 Å². The monoisotopic (exact) mass is 203 g/mol. The molecule has 0 amide bonds. The number of nitrogens with one attached hydrogen (secondary N) is 1. The van der Waals surface area contributed by atoms with E-state index in [1.165, 1.54) is 5.56 Å². The molecule has 0 aliphatic carbocycles. The first-order valence-corrected chi connectivity index (χ1v) is 5.06. The van der Waals surface area contributed by atoms with Crippen LogP contribution in [0.5, 0.6) is 5.75 Å². The maximum atomic E-state index is 5.26. The molecule has 0 saturated heterocycles. The van der Waals surface area contributed by atoms with Crippen LogP contribution < -0.4 is 10.1 Å². The molecule has 0 aliphatic heterocycles. The lowest BCUT2D eigenvalue weighted by Gasteiger charge is -2.15. The normalized spacial score (nSPS) is 11.8. The molecule has 2 nitrogen and oxygen atoms in total. The van der Waals surface area contributed by atoms with Crippen molar-refractivity contribution in [3.05, 3.63) is 29.8 Å². The Bertz CT molecular complexity index is 323. The molecule has 80 valence electrons. The summed E-state index contributed by atoms with van der Waals surface area (Å²) < 4.78 is 5.11. The van der Waals surface area contributed by atoms with Gasteiger partial charge in [-0.15, -0.1) is 12.3 Å². The Morgan fingerprint density at radius 3 is 2.53 bits per heavy atom. The molecule has 0 aliphatic rings. The van der Waals surface area contributed by atoms with Crippen LogP contribution in [-0.4, -0.2) is 14.2 Å². The lowest BCUT2D eigenvalue weighted by Crippen LogP contribution is -2.15.